The first-order valence-corrected chi connectivity index (χ1v) is 9.40. The van der Waals surface area contributed by atoms with E-state index in [9.17, 15) is 14.4 Å². The van der Waals surface area contributed by atoms with Crippen molar-refractivity contribution in [1.82, 2.24) is 18.5 Å². The van der Waals surface area contributed by atoms with Gasteiger partial charge in [0.25, 0.3) is 5.91 Å². The quantitative estimate of drug-likeness (QED) is 0.592. The Morgan fingerprint density at radius 3 is 2.35 bits per heavy atom. The van der Waals surface area contributed by atoms with Gasteiger partial charge in [-0.25, -0.2) is 0 Å². The first kappa shape index (κ1) is 15.6. The number of nitrogens with zero attached hydrogens (tertiary/aromatic N) is 4. The summed E-state index contributed by atoms with van der Waals surface area (Å²) in [5.41, 5.74) is 2.04. The normalized spacial score (nSPS) is 25.7. The van der Waals surface area contributed by atoms with E-state index < -0.39 is 0 Å². The molecule has 2 unspecified atom stereocenters. The van der Waals surface area contributed by atoms with Gasteiger partial charge in [-0.15, -0.1) is 0 Å². The zero-order valence-electron chi connectivity index (χ0n) is 13.9. The maximum absolute atomic E-state index is 12.6. The van der Waals surface area contributed by atoms with Gasteiger partial charge in [0.2, 0.25) is 11.8 Å². The van der Waals surface area contributed by atoms with Crippen LogP contribution in [0.15, 0.2) is 30.4 Å². The van der Waals surface area contributed by atoms with Crippen LogP contribution in [-0.4, -0.2) is 55.4 Å². The van der Waals surface area contributed by atoms with Crippen molar-refractivity contribution in [2.45, 2.75) is 18.9 Å². The topological polar surface area (TPSA) is 83.5 Å². The van der Waals surface area contributed by atoms with E-state index in [-0.39, 0.29) is 35.6 Å². The van der Waals surface area contributed by atoms with Crippen LogP contribution in [0.4, 0.5) is 0 Å². The molecule has 0 bridgehead atoms. The molecule has 2 aromatic rings. The van der Waals surface area contributed by atoms with Gasteiger partial charge < -0.3 is 4.90 Å². The molecule has 2 saturated heterocycles. The van der Waals surface area contributed by atoms with Crippen LogP contribution in [0.25, 0.3) is 11.0 Å². The molecule has 5 rings (SSSR count). The SMILES string of the molecule is O=C(c1ccc2nsnc2c1)N1CC(N2C(=O)C3CC=CCC3C2=O)C1. The highest BCUT2D eigenvalue weighted by Gasteiger charge is 2.52. The molecule has 1 aliphatic carbocycles. The van der Waals surface area contributed by atoms with Crippen molar-refractivity contribution in [3.63, 3.8) is 0 Å². The van der Waals surface area contributed by atoms with E-state index in [1.165, 1.54) is 4.90 Å². The summed E-state index contributed by atoms with van der Waals surface area (Å²) in [5.74, 6) is -0.671. The smallest absolute Gasteiger partial charge is 0.254 e. The van der Waals surface area contributed by atoms with Crippen molar-refractivity contribution in [1.29, 1.82) is 0 Å². The van der Waals surface area contributed by atoms with Crippen molar-refractivity contribution in [3.05, 3.63) is 35.9 Å². The average molecular weight is 368 g/mol. The van der Waals surface area contributed by atoms with E-state index in [0.29, 0.717) is 37.0 Å². The molecule has 3 amide bonds. The highest BCUT2D eigenvalue weighted by Crippen LogP contribution is 2.37. The molecule has 0 N–H and O–H groups in total. The van der Waals surface area contributed by atoms with Crippen LogP contribution in [0.5, 0.6) is 0 Å². The number of carbonyl (C=O) groups is 3. The third kappa shape index (κ3) is 2.21. The van der Waals surface area contributed by atoms with Crippen molar-refractivity contribution >= 4 is 40.5 Å². The van der Waals surface area contributed by atoms with Gasteiger partial charge in [0.1, 0.15) is 11.0 Å². The number of likely N-dealkylation sites (tertiary alicyclic amines) is 2. The van der Waals surface area contributed by atoms with E-state index in [1.54, 1.807) is 23.1 Å². The van der Waals surface area contributed by atoms with Gasteiger partial charge in [-0.05, 0) is 31.0 Å². The summed E-state index contributed by atoms with van der Waals surface area (Å²) in [4.78, 5) is 40.9. The molecule has 132 valence electrons. The van der Waals surface area contributed by atoms with Crippen LogP contribution in [0.3, 0.4) is 0 Å². The number of amides is 3. The van der Waals surface area contributed by atoms with E-state index in [1.807, 2.05) is 12.2 Å². The molecule has 0 radical (unpaired) electrons. The molecule has 3 aliphatic rings. The summed E-state index contributed by atoms with van der Waals surface area (Å²) in [5, 5.41) is 0. The average Bonchev–Trinajstić information content (AvgIpc) is 3.18. The molecule has 3 heterocycles. The monoisotopic (exact) mass is 368 g/mol. The molecular weight excluding hydrogens is 352 g/mol. The number of fused-ring (bicyclic) bond motifs is 2. The van der Waals surface area contributed by atoms with Crippen molar-refractivity contribution in [3.8, 4) is 0 Å². The minimum atomic E-state index is -0.211. The van der Waals surface area contributed by atoms with Crippen LogP contribution in [0.1, 0.15) is 23.2 Å². The minimum Gasteiger partial charge on any atom is -0.334 e. The van der Waals surface area contributed by atoms with Gasteiger partial charge in [0.15, 0.2) is 0 Å². The molecule has 8 heteroatoms. The van der Waals surface area contributed by atoms with Crippen molar-refractivity contribution < 1.29 is 14.4 Å². The zero-order chi connectivity index (χ0) is 17.8. The van der Waals surface area contributed by atoms with Gasteiger partial charge in [-0.1, -0.05) is 12.2 Å². The van der Waals surface area contributed by atoms with Gasteiger partial charge in [0, 0.05) is 18.7 Å². The molecule has 1 aromatic heterocycles. The zero-order valence-corrected chi connectivity index (χ0v) is 14.7. The van der Waals surface area contributed by atoms with Gasteiger partial charge >= 0.3 is 0 Å². The second kappa shape index (κ2) is 5.70. The maximum atomic E-state index is 12.6. The largest absolute Gasteiger partial charge is 0.334 e. The summed E-state index contributed by atoms with van der Waals surface area (Å²) in [6.45, 7) is 0.799. The summed E-state index contributed by atoms with van der Waals surface area (Å²) in [6.07, 6.45) is 5.25. The minimum absolute atomic E-state index is 0.0728. The lowest BCUT2D eigenvalue weighted by Crippen LogP contribution is -2.62. The Balaban J connectivity index is 1.29. The Morgan fingerprint density at radius 1 is 1.00 bits per heavy atom. The number of rotatable bonds is 2. The fourth-order valence-corrected chi connectivity index (χ4v) is 4.59. The number of imide groups is 1. The maximum Gasteiger partial charge on any atom is 0.254 e. The molecule has 0 spiro atoms. The summed E-state index contributed by atoms with van der Waals surface area (Å²) in [6, 6.07) is 5.07. The second-order valence-corrected chi connectivity index (χ2v) is 7.56. The van der Waals surface area contributed by atoms with Gasteiger partial charge in [0.05, 0.1) is 29.6 Å². The number of benzene rings is 1. The van der Waals surface area contributed by atoms with Crippen molar-refractivity contribution in [2.24, 2.45) is 11.8 Å². The third-order valence-electron chi connectivity index (χ3n) is 5.56. The Kier molecular flexibility index (Phi) is 3.43. The Morgan fingerprint density at radius 2 is 1.65 bits per heavy atom. The Hall–Kier alpha value is -2.61. The lowest BCUT2D eigenvalue weighted by Gasteiger charge is -2.43. The molecule has 7 nitrogen and oxygen atoms in total. The standard InChI is InChI=1S/C18H16N4O3S/c23-16(10-5-6-14-15(7-10)20-26-19-14)21-8-11(9-21)22-17(24)12-3-1-2-4-13(12)18(22)25/h1-2,5-7,11-13H,3-4,8-9H2. The lowest BCUT2D eigenvalue weighted by atomic mass is 9.85. The number of allylic oxidation sites excluding steroid dienone is 2. The van der Waals surface area contributed by atoms with E-state index >= 15 is 0 Å². The number of aromatic nitrogens is 2. The Labute approximate surface area is 153 Å². The lowest BCUT2D eigenvalue weighted by molar-refractivity contribution is -0.145. The van der Waals surface area contributed by atoms with E-state index in [4.69, 9.17) is 0 Å². The van der Waals surface area contributed by atoms with Gasteiger partial charge in [-0.2, -0.15) is 8.75 Å². The highest BCUT2D eigenvalue weighted by atomic mass is 32.1. The molecular formula is C18H16N4O3S. The fourth-order valence-electron chi connectivity index (χ4n) is 4.07. The van der Waals surface area contributed by atoms with Gasteiger partial charge in [-0.3, -0.25) is 19.3 Å². The predicted molar refractivity (Wildman–Crippen MR) is 94.3 cm³/mol. The number of hydrogen-bond donors (Lipinski definition) is 0. The molecule has 2 fully saturated rings. The van der Waals surface area contributed by atoms with Crippen LogP contribution in [0, 0.1) is 11.8 Å². The summed E-state index contributed by atoms with van der Waals surface area (Å²) < 4.78 is 8.29. The molecule has 0 saturated carbocycles. The number of hydrogen-bond acceptors (Lipinski definition) is 6. The second-order valence-electron chi connectivity index (χ2n) is 7.03. The molecule has 2 aliphatic heterocycles. The van der Waals surface area contributed by atoms with Crippen LogP contribution < -0.4 is 0 Å². The summed E-state index contributed by atoms with van der Waals surface area (Å²) >= 11 is 1.12. The van der Waals surface area contributed by atoms with Crippen molar-refractivity contribution in [2.75, 3.05) is 13.1 Å². The molecule has 26 heavy (non-hydrogen) atoms. The van der Waals surface area contributed by atoms with Crippen LogP contribution in [-0.2, 0) is 9.59 Å². The highest BCUT2D eigenvalue weighted by molar-refractivity contribution is 7.00. The first-order valence-electron chi connectivity index (χ1n) is 8.67. The predicted octanol–water partition coefficient (Wildman–Crippen LogP) is 1.47. The van der Waals surface area contributed by atoms with E-state index in [0.717, 1.165) is 17.2 Å². The van der Waals surface area contributed by atoms with Crippen LogP contribution >= 0.6 is 11.7 Å². The van der Waals surface area contributed by atoms with Crippen LogP contribution in [0.2, 0.25) is 0 Å². The first-order chi connectivity index (χ1) is 12.6. The van der Waals surface area contributed by atoms with E-state index in [2.05, 4.69) is 8.75 Å². The number of carbonyl (C=O) groups excluding carboxylic acids is 3. The summed E-state index contributed by atoms with van der Waals surface area (Å²) in [7, 11) is 0. The molecule has 2 atom stereocenters. The third-order valence-corrected chi connectivity index (χ3v) is 6.11. The fraction of sp³-hybridized carbons (Fsp3) is 0.389. The molecule has 1 aromatic carbocycles. The Bertz CT molecular complexity index is 936.